The van der Waals surface area contributed by atoms with Crippen molar-refractivity contribution >= 4 is 5.91 Å². The highest BCUT2D eigenvalue weighted by atomic mass is 16.5. The number of ether oxygens (including phenoxy) is 1. The summed E-state index contributed by atoms with van der Waals surface area (Å²) in [4.78, 5) is 19.0. The van der Waals surface area contributed by atoms with Gasteiger partial charge in [0, 0.05) is 31.6 Å². The standard InChI is InChI=1S/C20H26N4O3/c1-2-18-22-17(23-27-18)13-26-16-5-3-15(4-6-16)19(25)24-11-8-20(9-12-24)7-10-21-14-20/h3-6,21H,2,7-14H2,1H3. The fraction of sp³-hybridized carbons (Fsp3) is 0.550. The number of nitrogens with one attached hydrogen (secondary N) is 1. The molecule has 3 heterocycles. The minimum Gasteiger partial charge on any atom is -0.485 e. The number of likely N-dealkylation sites (tertiary alicyclic amines) is 1. The number of amides is 1. The number of aromatic nitrogens is 2. The van der Waals surface area contributed by atoms with Gasteiger partial charge < -0.3 is 19.5 Å². The number of rotatable bonds is 5. The van der Waals surface area contributed by atoms with Crippen LogP contribution in [0.3, 0.4) is 0 Å². The number of hydrogen-bond donors (Lipinski definition) is 1. The Bertz CT molecular complexity index is 771. The van der Waals surface area contributed by atoms with Gasteiger partial charge in [0.05, 0.1) is 0 Å². The molecule has 2 saturated heterocycles. The molecule has 0 unspecified atom stereocenters. The number of nitrogens with zero attached hydrogens (tertiary/aromatic N) is 3. The molecule has 2 aromatic rings. The molecule has 0 radical (unpaired) electrons. The second-order valence-corrected chi connectivity index (χ2v) is 7.49. The lowest BCUT2D eigenvalue weighted by Crippen LogP contribution is -2.44. The Morgan fingerprint density at radius 1 is 1.26 bits per heavy atom. The van der Waals surface area contributed by atoms with Crippen molar-refractivity contribution in [3.8, 4) is 5.75 Å². The topological polar surface area (TPSA) is 80.5 Å². The first-order valence-corrected chi connectivity index (χ1v) is 9.72. The third-order valence-corrected chi connectivity index (χ3v) is 5.73. The summed E-state index contributed by atoms with van der Waals surface area (Å²) in [6.45, 7) is 6.10. The maximum atomic E-state index is 12.8. The van der Waals surface area contributed by atoms with Crippen LogP contribution in [-0.2, 0) is 13.0 Å². The van der Waals surface area contributed by atoms with Crippen LogP contribution < -0.4 is 10.1 Å². The molecule has 1 N–H and O–H groups in total. The van der Waals surface area contributed by atoms with Gasteiger partial charge in [0.25, 0.3) is 5.91 Å². The molecule has 0 atom stereocenters. The van der Waals surface area contributed by atoms with E-state index in [1.165, 1.54) is 6.42 Å². The van der Waals surface area contributed by atoms with E-state index in [-0.39, 0.29) is 12.5 Å². The highest BCUT2D eigenvalue weighted by molar-refractivity contribution is 5.94. The molecule has 2 aliphatic heterocycles. The highest BCUT2D eigenvalue weighted by Gasteiger charge is 2.38. The minimum atomic E-state index is 0.105. The van der Waals surface area contributed by atoms with E-state index < -0.39 is 0 Å². The van der Waals surface area contributed by atoms with Crippen molar-refractivity contribution in [1.82, 2.24) is 20.4 Å². The van der Waals surface area contributed by atoms with Crippen molar-refractivity contribution in [2.24, 2.45) is 5.41 Å². The van der Waals surface area contributed by atoms with Gasteiger partial charge in [0.2, 0.25) is 11.7 Å². The summed E-state index contributed by atoms with van der Waals surface area (Å²) in [7, 11) is 0. The van der Waals surface area contributed by atoms with Crippen LogP contribution in [0.1, 0.15) is 48.3 Å². The molecular weight excluding hydrogens is 344 g/mol. The average Bonchev–Trinajstić information content (AvgIpc) is 3.36. The van der Waals surface area contributed by atoms with E-state index in [0.29, 0.717) is 34.9 Å². The first kappa shape index (κ1) is 18.0. The highest BCUT2D eigenvalue weighted by Crippen LogP contribution is 2.37. The zero-order valence-electron chi connectivity index (χ0n) is 15.7. The maximum Gasteiger partial charge on any atom is 0.253 e. The molecule has 7 nitrogen and oxygen atoms in total. The van der Waals surface area contributed by atoms with E-state index in [2.05, 4.69) is 15.5 Å². The Kier molecular flexibility index (Phi) is 5.11. The molecule has 1 aromatic heterocycles. The summed E-state index contributed by atoms with van der Waals surface area (Å²) < 4.78 is 10.7. The van der Waals surface area contributed by atoms with E-state index in [4.69, 9.17) is 9.26 Å². The summed E-state index contributed by atoms with van der Waals surface area (Å²) >= 11 is 0. The molecule has 144 valence electrons. The molecule has 7 heteroatoms. The molecule has 27 heavy (non-hydrogen) atoms. The number of piperidine rings is 1. The number of carbonyl (C=O) groups excluding carboxylic acids is 1. The maximum absolute atomic E-state index is 12.8. The van der Waals surface area contributed by atoms with Crippen LogP contribution >= 0.6 is 0 Å². The van der Waals surface area contributed by atoms with Gasteiger partial charge in [0.1, 0.15) is 5.75 Å². The van der Waals surface area contributed by atoms with Gasteiger partial charge in [-0.2, -0.15) is 4.98 Å². The molecule has 1 spiro atoms. The lowest BCUT2D eigenvalue weighted by Gasteiger charge is -2.38. The zero-order chi connectivity index (χ0) is 18.7. The molecule has 4 rings (SSSR count). The quantitative estimate of drug-likeness (QED) is 0.871. The second-order valence-electron chi connectivity index (χ2n) is 7.49. The van der Waals surface area contributed by atoms with Gasteiger partial charge in [-0.25, -0.2) is 0 Å². The summed E-state index contributed by atoms with van der Waals surface area (Å²) in [5.74, 6) is 1.92. The second kappa shape index (κ2) is 7.68. The van der Waals surface area contributed by atoms with E-state index in [9.17, 15) is 4.79 Å². The third-order valence-electron chi connectivity index (χ3n) is 5.73. The molecule has 1 aromatic carbocycles. The summed E-state index contributed by atoms with van der Waals surface area (Å²) in [6, 6.07) is 7.29. The first-order chi connectivity index (χ1) is 13.2. The first-order valence-electron chi connectivity index (χ1n) is 9.72. The van der Waals surface area contributed by atoms with Crippen molar-refractivity contribution in [2.75, 3.05) is 26.2 Å². The van der Waals surface area contributed by atoms with E-state index in [1.54, 1.807) is 0 Å². The third kappa shape index (κ3) is 3.98. The largest absolute Gasteiger partial charge is 0.485 e. The van der Waals surface area contributed by atoms with Gasteiger partial charge in [0.15, 0.2) is 6.61 Å². The number of benzene rings is 1. The Hall–Kier alpha value is -2.41. The van der Waals surface area contributed by atoms with Crippen LogP contribution in [0.25, 0.3) is 0 Å². The van der Waals surface area contributed by atoms with E-state index >= 15 is 0 Å². The van der Waals surface area contributed by atoms with Gasteiger partial charge in [-0.15, -0.1) is 0 Å². The van der Waals surface area contributed by atoms with Crippen molar-refractivity contribution in [1.29, 1.82) is 0 Å². The lowest BCUT2D eigenvalue weighted by atomic mass is 9.78. The predicted molar refractivity (Wildman–Crippen MR) is 99.5 cm³/mol. The molecular formula is C20H26N4O3. The van der Waals surface area contributed by atoms with Crippen LogP contribution in [0.2, 0.25) is 0 Å². The van der Waals surface area contributed by atoms with E-state index in [1.807, 2.05) is 36.1 Å². The van der Waals surface area contributed by atoms with E-state index in [0.717, 1.165) is 39.0 Å². The molecule has 2 fully saturated rings. The van der Waals surface area contributed by atoms with Crippen LogP contribution in [0.5, 0.6) is 5.75 Å². The van der Waals surface area contributed by atoms with Crippen molar-refractivity contribution in [3.05, 3.63) is 41.5 Å². The zero-order valence-corrected chi connectivity index (χ0v) is 15.7. The van der Waals surface area contributed by atoms with Gasteiger partial charge in [-0.3, -0.25) is 4.79 Å². The Morgan fingerprint density at radius 3 is 2.67 bits per heavy atom. The lowest BCUT2D eigenvalue weighted by molar-refractivity contribution is 0.0607. The Balaban J connectivity index is 1.31. The van der Waals surface area contributed by atoms with Gasteiger partial charge in [-0.1, -0.05) is 12.1 Å². The fourth-order valence-electron chi connectivity index (χ4n) is 3.92. The monoisotopic (exact) mass is 370 g/mol. The predicted octanol–water partition coefficient (Wildman–Crippen LogP) is 2.43. The summed E-state index contributed by atoms with van der Waals surface area (Å²) in [5, 5.41) is 7.32. The Morgan fingerprint density at radius 2 is 2.04 bits per heavy atom. The molecule has 0 aliphatic carbocycles. The van der Waals surface area contributed by atoms with Gasteiger partial charge >= 0.3 is 0 Å². The summed E-state index contributed by atoms with van der Waals surface area (Å²) in [6.07, 6.45) is 4.13. The smallest absolute Gasteiger partial charge is 0.253 e. The molecule has 2 aliphatic rings. The van der Waals surface area contributed by atoms with Crippen LogP contribution in [0, 0.1) is 5.41 Å². The minimum absolute atomic E-state index is 0.105. The number of hydrogen-bond acceptors (Lipinski definition) is 6. The molecule has 1 amide bonds. The van der Waals surface area contributed by atoms with Crippen LogP contribution in [-0.4, -0.2) is 47.1 Å². The molecule has 0 bridgehead atoms. The van der Waals surface area contributed by atoms with Crippen molar-refractivity contribution < 1.29 is 14.1 Å². The van der Waals surface area contributed by atoms with Crippen molar-refractivity contribution in [2.45, 2.75) is 39.2 Å². The fourth-order valence-corrected chi connectivity index (χ4v) is 3.92. The molecule has 0 saturated carbocycles. The van der Waals surface area contributed by atoms with Crippen molar-refractivity contribution in [3.63, 3.8) is 0 Å². The number of aryl methyl sites for hydroxylation is 1. The van der Waals surface area contributed by atoms with Crippen LogP contribution in [0.15, 0.2) is 28.8 Å². The van der Waals surface area contributed by atoms with Gasteiger partial charge in [-0.05, 0) is 55.5 Å². The SMILES string of the molecule is CCc1nc(COc2ccc(C(=O)N3CCC4(CCNC4)CC3)cc2)no1. The van der Waals surface area contributed by atoms with Crippen LogP contribution in [0.4, 0.5) is 0 Å². The normalized spacial score (nSPS) is 18.8. The Labute approximate surface area is 159 Å². The average molecular weight is 370 g/mol. The summed E-state index contributed by atoms with van der Waals surface area (Å²) in [5.41, 5.74) is 1.12. The number of carbonyl (C=O) groups is 1.